The lowest BCUT2D eigenvalue weighted by Gasteiger charge is -2.09. The van der Waals surface area contributed by atoms with Crippen LogP contribution in [0, 0.1) is 6.92 Å². The third-order valence-electron chi connectivity index (χ3n) is 2.73. The van der Waals surface area contributed by atoms with E-state index in [1.807, 2.05) is 19.1 Å². The highest BCUT2D eigenvalue weighted by Crippen LogP contribution is 2.30. The largest absolute Gasteiger partial charge is 0.491 e. The van der Waals surface area contributed by atoms with E-state index in [-0.39, 0.29) is 5.91 Å². The molecule has 19 heavy (non-hydrogen) atoms. The van der Waals surface area contributed by atoms with Crippen LogP contribution >= 0.6 is 11.6 Å². The first kappa shape index (κ1) is 13.6. The Bertz CT molecular complexity index is 614. The van der Waals surface area contributed by atoms with Gasteiger partial charge in [-0.25, -0.2) is 4.98 Å². The van der Waals surface area contributed by atoms with E-state index in [1.54, 1.807) is 12.1 Å². The van der Waals surface area contributed by atoms with Gasteiger partial charge in [-0.1, -0.05) is 11.6 Å². The van der Waals surface area contributed by atoms with Gasteiger partial charge in [-0.15, -0.1) is 0 Å². The number of carbonyl (C=O) groups excluding carboxylic acids is 1. The number of aromatic nitrogens is 1. The van der Waals surface area contributed by atoms with Crippen molar-refractivity contribution >= 4 is 28.4 Å². The molecule has 2 N–H and O–H groups in total. The number of pyridine rings is 1. The van der Waals surface area contributed by atoms with Crippen molar-refractivity contribution in [1.82, 2.24) is 4.98 Å². The third-order valence-corrected chi connectivity index (χ3v) is 3.06. The number of benzene rings is 1. The summed E-state index contributed by atoms with van der Waals surface area (Å²) in [4.78, 5) is 15.1. The van der Waals surface area contributed by atoms with Crippen molar-refractivity contribution in [2.24, 2.45) is 5.73 Å². The summed E-state index contributed by atoms with van der Waals surface area (Å²) in [6.07, 6.45) is 0.906. The minimum atomic E-state index is -0.321. The van der Waals surface area contributed by atoms with Gasteiger partial charge in [0.2, 0.25) is 5.91 Å². The zero-order chi connectivity index (χ0) is 13.8. The predicted molar refractivity (Wildman–Crippen MR) is 75.4 cm³/mol. The highest BCUT2D eigenvalue weighted by molar-refractivity contribution is 6.35. The average molecular weight is 279 g/mol. The topological polar surface area (TPSA) is 65.2 Å². The molecule has 0 fully saturated rings. The van der Waals surface area contributed by atoms with Gasteiger partial charge in [0.25, 0.3) is 0 Å². The highest BCUT2D eigenvalue weighted by atomic mass is 35.5. The normalized spacial score (nSPS) is 10.6. The Morgan fingerprint density at radius 1 is 1.37 bits per heavy atom. The Morgan fingerprint density at radius 2 is 2.16 bits per heavy atom. The van der Waals surface area contributed by atoms with Gasteiger partial charge in [0.05, 0.1) is 11.6 Å². The van der Waals surface area contributed by atoms with Crippen molar-refractivity contribution < 1.29 is 9.53 Å². The second-order valence-corrected chi connectivity index (χ2v) is 4.72. The summed E-state index contributed by atoms with van der Waals surface area (Å²) in [5, 5.41) is 1.51. The van der Waals surface area contributed by atoms with Crippen LogP contribution in [-0.4, -0.2) is 17.5 Å². The molecule has 5 heteroatoms. The summed E-state index contributed by atoms with van der Waals surface area (Å²) < 4.78 is 5.65. The van der Waals surface area contributed by atoms with Crippen LogP contribution < -0.4 is 10.5 Å². The van der Waals surface area contributed by atoms with E-state index < -0.39 is 0 Å². The van der Waals surface area contributed by atoms with E-state index >= 15 is 0 Å². The highest BCUT2D eigenvalue weighted by Gasteiger charge is 2.07. The Labute approximate surface area is 116 Å². The number of nitrogens with zero attached hydrogens (tertiary/aromatic N) is 1. The van der Waals surface area contributed by atoms with Crippen LogP contribution in [0.5, 0.6) is 5.75 Å². The maximum Gasteiger partial charge on any atom is 0.217 e. The lowest BCUT2D eigenvalue weighted by Crippen LogP contribution is -2.11. The molecular formula is C14H15ClN2O2. The first-order valence-corrected chi connectivity index (χ1v) is 6.42. The summed E-state index contributed by atoms with van der Waals surface area (Å²) in [6.45, 7) is 2.34. The summed E-state index contributed by atoms with van der Waals surface area (Å²) in [5.74, 6) is 0.353. The molecule has 1 aromatic carbocycles. The number of rotatable bonds is 5. The van der Waals surface area contributed by atoms with Crippen LogP contribution in [0.3, 0.4) is 0 Å². The molecule has 0 radical (unpaired) electrons. The number of halogens is 1. The van der Waals surface area contributed by atoms with Gasteiger partial charge in [-0.05, 0) is 37.6 Å². The zero-order valence-corrected chi connectivity index (χ0v) is 11.4. The number of carbonyl (C=O) groups is 1. The smallest absolute Gasteiger partial charge is 0.217 e. The number of hydrogen-bond donors (Lipinski definition) is 1. The summed E-state index contributed by atoms with van der Waals surface area (Å²) >= 11 is 6.13. The van der Waals surface area contributed by atoms with E-state index in [0.29, 0.717) is 30.2 Å². The van der Waals surface area contributed by atoms with Gasteiger partial charge >= 0.3 is 0 Å². The number of primary amides is 1. The summed E-state index contributed by atoms with van der Waals surface area (Å²) in [5.41, 5.74) is 6.72. The number of hydrogen-bond acceptors (Lipinski definition) is 3. The van der Waals surface area contributed by atoms with Crippen molar-refractivity contribution in [3.63, 3.8) is 0 Å². The quantitative estimate of drug-likeness (QED) is 0.855. The predicted octanol–water partition coefficient (Wildman–Crippen LogP) is 2.84. The van der Waals surface area contributed by atoms with Crippen LogP contribution in [-0.2, 0) is 4.79 Å². The third kappa shape index (κ3) is 3.35. The SMILES string of the molecule is Cc1ccc2c(Cl)ccc(OCCCC(N)=O)c2n1. The van der Waals surface area contributed by atoms with Crippen LogP contribution in [0.4, 0.5) is 0 Å². The first-order chi connectivity index (χ1) is 9.08. The van der Waals surface area contributed by atoms with Crippen LogP contribution in [0.15, 0.2) is 24.3 Å². The second kappa shape index (κ2) is 5.89. The van der Waals surface area contributed by atoms with E-state index in [1.165, 1.54) is 0 Å². The molecule has 0 aliphatic rings. The molecule has 0 aliphatic carbocycles. The van der Waals surface area contributed by atoms with E-state index in [2.05, 4.69) is 4.98 Å². The molecule has 1 heterocycles. The Balaban J connectivity index is 2.21. The summed E-state index contributed by atoms with van der Waals surface area (Å²) in [7, 11) is 0. The number of nitrogens with two attached hydrogens (primary N) is 1. The fourth-order valence-electron chi connectivity index (χ4n) is 1.80. The van der Waals surface area contributed by atoms with Crippen molar-refractivity contribution in [3.8, 4) is 5.75 Å². The standard InChI is InChI=1S/C14H15ClN2O2/c1-9-4-5-10-11(15)6-7-12(14(10)17-9)19-8-2-3-13(16)18/h4-7H,2-3,8H2,1H3,(H2,16,18). The molecule has 100 valence electrons. The monoisotopic (exact) mass is 278 g/mol. The average Bonchev–Trinajstić information content (AvgIpc) is 2.36. The molecule has 2 aromatic rings. The number of aryl methyl sites for hydroxylation is 1. The van der Waals surface area contributed by atoms with Crippen LogP contribution in [0.1, 0.15) is 18.5 Å². The maximum absolute atomic E-state index is 10.6. The first-order valence-electron chi connectivity index (χ1n) is 6.05. The van der Waals surface area contributed by atoms with Crippen molar-refractivity contribution in [3.05, 3.63) is 35.0 Å². The lowest BCUT2D eigenvalue weighted by molar-refractivity contribution is -0.118. The van der Waals surface area contributed by atoms with Crippen molar-refractivity contribution in [2.45, 2.75) is 19.8 Å². The summed E-state index contributed by atoms with van der Waals surface area (Å²) in [6, 6.07) is 7.41. The minimum Gasteiger partial charge on any atom is -0.491 e. The van der Waals surface area contributed by atoms with Crippen LogP contribution in [0.2, 0.25) is 5.02 Å². The fourth-order valence-corrected chi connectivity index (χ4v) is 2.02. The zero-order valence-electron chi connectivity index (χ0n) is 10.6. The molecule has 0 saturated carbocycles. The molecule has 0 aliphatic heterocycles. The van der Waals surface area contributed by atoms with Gasteiger partial charge in [-0.3, -0.25) is 4.79 Å². The van der Waals surface area contributed by atoms with Crippen molar-refractivity contribution in [1.29, 1.82) is 0 Å². The Kier molecular flexibility index (Phi) is 4.22. The lowest BCUT2D eigenvalue weighted by atomic mass is 10.2. The molecule has 1 aromatic heterocycles. The minimum absolute atomic E-state index is 0.317. The molecule has 0 atom stereocenters. The molecule has 4 nitrogen and oxygen atoms in total. The molecular weight excluding hydrogens is 264 g/mol. The molecule has 2 rings (SSSR count). The molecule has 0 bridgehead atoms. The van der Waals surface area contributed by atoms with Gasteiger partial charge in [-0.2, -0.15) is 0 Å². The molecule has 1 amide bonds. The maximum atomic E-state index is 10.6. The van der Waals surface area contributed by atoms with E-state index in [9.17, 15) is 4.79 Å². The number of amides is 1. The van der Waals surface area contributed by atoms with E-state index in [0.717, 1.165) is 16.6 Å². The van der Waals surface area contributed by atoms with Gasteiger partial charge in [0, 0.05) is 17.5 Å². The number of fused-ring (bicyclic) bond motifs is 1. The molecule has 0 unspecified atom stereocenters. The molecule has 0 spiro atoms. The van der Waals surface area contributed by atoms with Gasteiger partial charge < -0.3 is 10.5 Å². The van der Waals surface area contributed by atoms with Crippen molar-refractivity contribution in [2.75, 3.05) is 6.61 Å². The number of ether oxygens (including phenoxy) is 1. The van der Waals surface area contributed by atoms with Gasteiger partial charge in [0.15, 0.2) is 0 Å². The fraction of sp³-hybridized carbons (Fsp3) is 0.286. The second-order valence-electron chi connectivity index (χ2n) is 4.31. The Morgan fingerprint density at radius 3 is 2.89 bits per heavy atom. The van der Waals surface area contributed by atoms with Crippen LogP contribution in [0.25, 0.3) is 10.9 Å². The van der Waals surface area contributed by atoms with E-state index in [4.69, 9.17) is 22.1 Å². The Hall–Kier alpha value is -1.81. The van der Waals surface area contributed by atoms with Gasteiger partial charge in [0.1, 0.15) is 11.3 Å². The molecule has 0 saturated heterocycles.